The first-order chi connectivity index (χ1) is 10.0. The summed E-state index contributed by atoms with van der Waals surface area (Å²) in [7, 11) is 0. The summed E-state index contributed by atoms with van der Waals surface area (Å²) >= 11 is 1.78. The molecule has 21 heavy (non-hydrogen) atoms. The first-order valence-corrected chi connectivity index (χ1v) is 8.64. The first-order valence-electron chi connectivity index (χ1n) is 7.42. The minimum Gasteiger partial charge on any atom is -0.305 e. The Morgan fingerprint density at radius 3 is 2.10 bits per heavy atom. The Morgan fingerprint density at radius 1 is 0.952 bits per heavy atom. The van der Waals surface area contributed by atoms with Crippen LogP contribution >= 0.6 is 11.8 Å². The fourth-order valence-corrected chi connectivity index (χ4v) is 2.94. The second kappa shape index (κ2) is 7.15. The average molecular weight is 299 g/mol. The third-order valence-corrected chi connectivity index (χ3v) is 4.41. The fraction of sp³-hybridized carbons (Fsp3) is 0.368. The van der Waals surface area contributed by atoms with Crippen molar-refractivity contribution < 1.29 is 0 Å². The SMILES string of the molecule is CSc1ccc(CNC(c2ccccc2)C(C)(C)C)cc1. The lowest BCUT2D eigenvalue weighted by Crippen LogP contribution is -2.32. The van der Waals surface area contributed by atoms with E-state index in [2.05, 4.69) is 86.9 Å². The molecule has 0 radical (unpaired) electrons. The highest BCUT2D eigenvalue weighted by Gasteiger charge is 2.25. The van der Waals surface area contributed by atoms with Crippen molar-refractivity contribution in [1.82, 2.24) is 5.32 Å². The van der Waals surface area contributed by atoms with Crippen LogP contribution in [0.5, 0.6) is 0 Å². The number of benzene rings is 2. The van der Waals surface area contributed by atoms with Crippen molar-refractivity contribution >= 4 is 11.8 Å². The third-order valence-electron chi connectivity index (χ3n) is 3.67. The van der Waals surface area contributed by atoms with E-state index in [4.69, 9.17) is 0 Å². The average Bonchev–Trinajstić information content (AvgIpc) is 2.48. The van der Waals surface area contributed by atoms with Gasteiger partial charge in [0.05, 0.1) is 0 Å². The fourth-order valence-electron chi connectivity index (χ4n) is 2.53. The molecule has 1 nitrogen and oxygen atoms in total. The van der Waals surface area contributed by atoms with Crippen molar-refractivity contribution in [2.24, 2.45) is 5.41 Å². The molecule has 0 aliphatic rings. The molecule has 0 aliphatic heterocycles. The molecule has 112 valence electrons. The van der Waals surface area contributed by atoms with E-state index >= 15 is 0 Å². The maximum atomic E-state index is 3.72. The van der Waals surface area contributed by atoms with Gasteiger partial charge in [-0.05, 0) is 34.9 Å². The van der Waals surface area contributed by atoms with Crippen LogP contribution in [0.3, 0.4) is 0 Å². The molecule has 1 atom stereocenters. The second-order valence-corrected chi connectivity index (χ2v) is 7.32. The van der Waals surface area contributed by atoms with Crippen LogP contribution in [0.1, 0.15) is 37.9 Å². The molecule has 2 aromatic carbocycles. The quantitative estimate of drug-likeness (QED) is 0.753. The van der Waals surface area contributed by atoms with E-state index in [0.29, 0.717) is 6.04 Å². The highest BCUT2D eigenvalue weighted by atomic mass is 32.2. The van der Waals surface area contributed by atoms with E-state index in [-0.39, 0.29) is 5.41 Å². The molecule has 0 saturated carbocycles. The Hall–Kier alpha value is -1.25. The standard InChI is InChI=1S/C19H25NS/c1-19(2,3)18(16-8-6-5-7-9-16)20-14-15-10-12-17(21-4)13-11-15/h5-13,18,20H,14H2,1-4H3. The monoisotopic (exact) mass is 299 g/mol. The summed E-state index contributed by atoms with van der Waals surface area (Å²) in [4.78, 5) is 1.31. The molecule has 0 aliphatic carbocycles. The normalized spacial score (nSPS) is 13.1. The molecule has 1 unspecified atom stereocenters. The first kappa shape index (κ1) is 16.1. The molecule has 2 aromatic rings. The van der Waals surface area contributed by atoms with Crippen LogP contribution in [-0.4, -0.2) is 6.26 Å². The predicted molar refractivity (Wildman–Crippen MR) is 93.7 cm³/mol. The molecule has 0 amide bonds. The lowest BCUT2D eigenvalue weighted by atomic mass is 9.82. The largest absolute Gasteiger partial charge is 0.305 e. The Balaban J connectivity index is 2.09. The van der Waals surface area contributed by atoms with Crippen LogP contribution in [0.4, 0.5) is 0 Å². The molecule has 0 saturated heterocycles. The Morgan fingerprint density at radius 2 is 1.57 bits per heavy atom. The molecule has 0 aromatic heterocycles. The zero-order chi connectivity index (χ0) is 15.3. The van der Waals surface area contributed by atoms with E-state index in [9.17, 15) is 0 Å². The highest BCUT2D eigenvalue weighted by molar-refractivity contribution is 7.98. The van der Waals surface area contributed by atoms with Gasteiger partial charge < -0.3 is 5.32 Å². The third kappa shape index (κ3) is 4.62. The maximum absolute atomic E-state index is 3.72. The molecular formula is C19H25NS. The van der Waals surface area contributed by atoms with Crippen molar-refractivity contribution in [2.75, 3.05) is 6.26 Å². The van der Waals surface area contributed by atoms with Crippen LogP contribution in [-0.2, 0) is 6.54 Å². The van der Waals surface area contributed by atoms with Gasteiger partial charge >= 0.3 is 0 Å². The molecule has 2 heteroatoms. The van der Waals surface area contributed by atoms with Crippen molar-refractivity contribution in [1.29, 1.82) is 0 Å². The Bertz CT molecular complexity index is 540. The highest BCUT2D eigenvalue weighted by Crippen LogP contribution is 2.32. The molecule has 2 rings (SSSR count). The van der Waals surface area contributed by atoms with Crippen LogP contribution in [0, 0.1) is 5.41 Å². The summed E-state index contributed by atoms with van der Waals surface area (Å²) in [6.45, 7) is 7.75. The zero-order valence-corrected chi connectivity index (χ0v) is 14.2. The second-order valence-electron chi connectivity index (χ2n) is 6.44. The summed E-state index contributed by atoms with van der Waals surface area (Å²) in [5, 5.41) is 3.72. The van der Waals surface area contributed by atoms with Gasteiger partial charge in [-0.1, -0.05) is 63.2 Å². The van der Waals surface area contributed by atoms with Gasteiger partial charge in [-0.2, -0.15) is 0 Å². The van der Waals surface area contributed by atoms with Gasteiger partial charge in [0, 0.05) is 17.5 Å². The van der Waals surface area contributed by atoms with Gasteiger partial charge in [-0.25, -0.2) is 0 Å². The van der Waals surface area contributed by atoms with Crippen LogP contribution in [0.25, 0.3) is 0 Å². The Kier molecular flexibility index (Phi) is 5.49. The van der Waals surface area contributed by atoms with Gasteiger partial charge in [0.2, 0.25) is 0 Å². The topological polar surface area (TPSA) is 12.0 Å². The molecule has 1 N–H and O–H groups in total. The molecule has 0 bridgehead atoms. The van der Waals surface area contributed by atoms with E-state index in [1.54, 1.807) is 11.8 Å². The van der Waals surface area contributed by atoms with Crippen molar-refractivity contribution in [2.45, 2.75) is 38.3 Å². The predicted octanol–water partition coefficient (Wildman–Crippen LogP) is 5.29. The van der Waals surface area contributed by atoms with Gasteiger partial charge in [0.1, 0.15) is 0 Å². The number of thioether (sulfide) groups is 1. The van der Waals surface area contributed by atoms with Gasteiger partial charge in [-0.15, -0.1) is 11.8 Å². The van der Waals surface area contributed by atoms with E-state index in [0.717, 1.165) is 6.54 Å². The lowest BCUT2D eigenvalue weighted by Gasteiger charge is -2.32. The summed E-state index contributed by atoms with van der Waals surface area (Å²) in [6, 6.07) is 19.9. The summed E-state index contributed by atoms with van der Waals surface area (Å²) in [6.07, 6.45) is 2.11. The van der Waals surface area contributed by atoms with Crippen molar-refractivity contribution in [3.8, 4) is 0 Å². The van der Waals surface area contributed by atoms with Crippen molar-refractivity contribution in [3.63, 3.8) is 0 Å². The zero-order valence-electron chi connectivity index (χ0n) is 13.4. The van der Waals surface area contributed by atoms with E-state index < -0.39 is 0 Å². The van der Waals surface area contributed by atoms with Crippen LogP contribution in [0.2, 0.25) is 0 Å². The minimum absolute atomic E-state index is 0.181. The van der Waals surface area contributed by atoms with Crippen LogP contribution < -0.4 is 5.32 Å². The molecule has 0 heterocycles. The van der Waals surface area contributed by atoms with Gasteiger partial charge in [0.15, 0.2) is 0 Å². The summed E-state index contributed by atoms with van der Waals surface area (Å²) < 4.78 is 0. The Labute approximate surface area is 133 Å². The molecule has 0 spiro atoms. The van der Waals surface area contributed by atoms with E-state index in [1.165, 1.54) is 16.0 Å². The van der Waals surface area contributed by atoms with E-state index in [1.807, 2.05) is 0 Å². The van der Waals surface area contributed by atoms with Gasteiger partial charge in [-0.3, -0.25) is 0 Å². The number of rotatable bonds is 5. The van der Waals surface area contributed by atoms with Crippen LogP contribution in [0.15, 0.2) is 59.5 Å². The number of hydrogen-bond donors (Lipinski definition) is 1. The minimum atomic E-state index is 0.181. The molecule has 0 fully saturated rings. The number of hydrogen-bond acceptors (Lipinski definition) is 2. The van der Waals surface area contributed by atoms with Crippen molar-refractivity contribution in [3.05, 3.63) is 65.7 Å². The maximum Gasteiger partial charge on any atom is 0.0372 e. The number of nitrogens with one attached hydrogen (secondary N) is 1. The summed E-state index contributed by atoms with van der Waals surface area (Å²) in [5.41, 5.74) is 2.87. The summed E-state index contributed by atoms with van der Waals surface area (Å²) in [5.74, 6) is 0. The lowest BCUT2D eigenvalue weighted by molar-refractivity contribution is 0.271. The van der Waals surface area contributed by atoms with Gasteiger partial charge in [0.25, 0.3) is 0 Å². The smallest absolute Gasteiger partial charge is 0.0372 e. The molecular weight excluding hydrogens is 274 g/mol.